The highest BCUT2D eigenvalue weighted by molar-refractivity contribution is 5.80. The Kier molecular flexibility index (Phi) is 2.24. The summed E-state index contributed by atoms with van der Waals surface area (Å²) in [6.07, 6.45) is 0.851. The molecule has 14 heavy (non-hydrogen) atoms. The van der Waals surface area contributed by atoms with E-state index in [1.807, 2.05) is 25.1 Å². The monoisotopic (exact) mass is 184 g/mol. The van der Waals surface area contributed by atoms with Crippen molar-refractivity contribution in [2.45, 2.75) is 19.3 Å². The second-order valence-electron chi connectivity index (χ2n) is 3.40. The van der Waals surface area contributed by atoms with E-state index in [4.69, 9.17) is 5.26 Å². The smallest absolute Gasteiger partial charge is 0.0860 e. The van der Waals surface area contributed by atoms with Crippen LogP contribution in [-0.2, 0) is 0 Å². The second kappa shape index (κ2) is 3.55. The molecule has 1 aromatic carbocycles. The van der Waals surface area contributed by atoms with Crippen molar-refractivity contribution < 1.29 is 0 Å². The van der Waals surface area contributed by atoms with E-state index < -0.39 is 0 Å². The first-order valence-corrected chi connectivity index (χ1v) is 4.82. The largest absolute Gasteiger partial charge is 0.357 e. The van der Waals surface area contributed by atoms with Gasteiger partial charge in [0.05, 0.1) is 12.0 Å². The van der Waals surface area contributed by atoms with Gasteiger partial charge in [-0.2, -0.15) is 5.26 Å². The van der Waals surface area contributed by atoms with Gasteiger partial charge in [-0.05, 0) is 23.9 Å². The molecule has 2 heteroatoms. The molecule has 2 rings (SSSR count). The van der Waals surface area contributed by atoms with Crippen molar-refractivity contribution in [2.24, 2.45) is 0 Å². The molecule has 0 aliphatic heterocycles. The molecular weight excluding hydrogens is 172 g/mol. The molecule has 0 radical (unpaired) electrons. The maximum atomic E-state index is 8.93. The Hall–Kier alpha value is -1.75. The van der Waals surface area contributed by atoms with Gasteiger partial charge in [-0.25, -0.2) is 0 Å². The van der Waals surface area contributed by atoms with Crippen molar-refractivity contribution in [2.75, 3.05) is 0 Å². The van der Waals surface area contributed by atoms with Crippen molar-refractivity contribution in [1.29, 1.82) is 5.26 Å². The van der Waals surface area contributed by atoms with Gasteiger partial charge in [0.2, 0.25) is 0 Å². The fraction of sp³-hybridized carbons (Fsp3) is 0.250. The highest BCUT2D eigenvalue weighted by Crippen LogP contribution is 2.22. The predicted octanol–water partition coefficient (Wildman–Crippen LogP) is 3.19. The van der Waals surface area contributed by atoms with Crippen LogP contribution < -0.4 is 0 Å². The molecule has 0 aliphatic rings. The van der Waals surface area contributed by atoms with E-state index in [0.29, 0.717) is 0 Å². The predicted molar refractivity (Wildman–Crippen MR) is 56.9 cm³/mol. The molecule has 0 bridgehead atoms. The Morgan fingerprint density at radius 3 is 2.86 bits per heavy atom. The Balaban J connectivity index is 2.50. The minimum absolute atomic E-state index is 0.0117. The molecule has 70 valence electrons. The third-order valence-corrected chi connectivity index (χ3v) is 2.49. The number of H-pyrrole nitrogens is 1. The number of nitriles is 1. The summed E-state index contributed by atoms with van der Waals surface area (Å²) >= 11 is 0. The number of benzene rings is 1. The van der Waals surface area contributed by atoms with E-state index in [1.165, 1.54) is 5.39 Å². The maximum Gasteiger partial charge on any atom is 0.0860 e. The van der Waals surface area contributed by atoms with Gasteiger partial charge in [-0.1, -0.05) is 25.1 Å². The summed E-state index contributed by atoms with van der Waals surface area (Å²) in [7, 11) is 0. The third kappa shape index (κ3) is 1.38. The second-order valence-corrected chi connectivity index (χ2v) is 3.40. The number of para-hydroxylation sites is 1. The normalized spacial score (nSPS) is 12.6. The molecule has 1 N–H and O–H groups in total. The minimum Gasteiger partial charge on any atom is -0.357 e. The summed E-state index contributed by atoms with van der Waals surface area (Å²) in [4.78, 5) is 3.28. The van der Waals surface area contributed by atoms with Crippen molar-refractivity contribution in [3.8, 4) is 6.07 Å². The molecule has 0 aliphatic carbocycles. The molecule has 2 nitrogen and oxygen atoms in total. The van der Waals surface area contributed by atoms with Crippen LogP contribution in [0.5, 0.6) is 0 Å². The molecule has 2 aromatic rings. The van der Waals surface area contributed by atoms with Crippen molar-refractivity contribution in [3.05, 3.63) is 36.0 Å². The highest BCUT2D eigenvalue weighted by atomic mass is 14.7. The van der Waals surface area contributed by atoms with Gasteiger partial charge in [0.25, 0.3) is 0 Å². The van der Waals surface area contributed by atoms with Crippen molar-refractivity contribution >= 4 is 10.9 Å². The van der Waals surface area contributed by atoms with Gasteiger partial charge >= 0.3 is 0 Å². The third-order valence-electron chi connectivity index (χ3n) is 2.49. The van der Waals surface area contributed by atoms with Crippen LogP contribution in [0.3, 0.4) is 0 Å². The topological polar surface area (TPSA) is 39.6 Å². The average molecular weight is 184 g/mol. The van der Waals surface area contributed by atoms with Crippen LogP contribution in [0, 0.1) is 11.3 Å². The molecule has 1 aromatic heterocycles. The van der Waals surface area contributed by atoms with E-state index in [9.17, 15) is 0 Å². The maximum absolute atomic E-state index is 8.93. The average Bonchev–Trinajstić information content (AvgIpc) is 2.63. The lowest BCUT2D eigenvalue weighted by atomic mass is 10.0. The fourth-order valence-corrected chi connectivity index (χ4v) is 1.66. The molecule has 1 heterocycles. The van der Waals surface area contributed by atoms with Crippen molar-refractivity contribution in [1.82, 2.24) is 4.98 Å². The van der Waals surface area contributed by atoms with Gasteiger partial charge in [-0.3, -0.25) is 0 Å². The van der Waals surface area contributed by atoms with Crippen LogP contribution >= 0.6 is 0 Å². The fourth-order valence-electron chi connectivity index (χ4n) is 1.66. The van der Waals surface area contributed by atoms with Gasteiger partial charge in [0, 0.05) is 11.2 Å². The van der Waals surface area contributed by atoms with Gasteiger partial charge in [0.1, 0.15) is 0 Å². The first-order chi connectivity index (χ1) is 6.85. The van der Waals surface area contributed by atoms with E-state index in [0.717, 1.165) is 17.6 Å². The molecule has 0 saturated heterocycles. The first kappa shape index (κ1) is 8.83. The zero-order chi connectivity index (χ0) is 9.97. The zero-order valence-electron chi connectivity index (χ0n) is 8.12. The van der Waals surface area contributed by atoms with E-state index in [2.05, 4.69) is 23.2 Å². The molecular formula is C12H12N2. The number of rotatable bonds is 2. The summed E-state index contributed by atoms with van der Waals surface area (Å²) < 4.78 is 0. The summed E-state index contributed by atoms with van der Waals surface area (Å²) in [5, 5.41) is 10.1. The standard InChI is InChI=1S/C12H12N2/c1-2-9(8-13)12-7-10-5-3-4-6-11(10)14-12/h3-7,9,14H,2H2,1H3. The van der Waals surface area contributed by atoms with Crippen LogP contribution in [0.1, 0.15) is 25.0 Å². The number of hydrogen-bond donors (Lipinski definition) is 1. The Morgan fingerprint density at radius 1 is 1.43 bits per heavy atom. The number of aromatic nitrogens is 1. The van der Waals surface area contributed by atoms with Gasteiger partial charge < -0.3 is 4.98 Å². The number of fused-ring (bicyclic) bond motifs is 1. The molecule has 1 unspecified atom stereocenters. The summed E-state index contributed by atoms with van der Waals surface area (Å²) in [6, 6.07) is 12.4. The number of hydrogen-bond acceptors (Lipinski definition) is 1. The molecule has 0 spiro atoms. The van der Waals surface area contributed by atoms with Gasteiger partial charge in [-0.15, -0.1) is 0 Å². The molecule has 1 atom stereocenters. The van der Waals surface area contributed by atoms with Gasteiger partial charge in [0.15, 0.2) is 0 Å². The van der Waals surface area contributed by atoms with Crippen molar-refractivity contribution in [3.63, 3.8) is 0 Å². The Morgan fingerprint density at radius 2 is 2.21 bits per heavy atom. The van der Waals surface area contributed by atoms with E-state index in [-0.39, 0.29) is 5.92 Å². The molecule has 0 saturated carbocycles. The SMILES string of the molecule is CCC(C#N)c1cc2ccccc2[nH]1. The molecule has 0 fully saturated rings. The van der Waals surface area contributed by atoms with Crippen LogP contribution in [0.25, 0.3) is 10.9 Å². The van der Waals surface area contributed by atoms with E-state index >= 15 is 0 Å². The van der Waals surface area contributed by atoms with E-state index in [1.54, 1.807) is 0 Å². The Bertz CT molecular complexity index is 443. The van der Waals surface area contributed by atoms with Crippen LogP contribution in [-0.4, -0.2) is 4.98 Å². The minimum atomic E-state index is -0.0117. The quantitative estimate of drug-likeness (QED) is 0.764. The lowest BCUT2D eigenvalue weighted by Gasteiger charge is -2.00. The Labute approximate surface area is 83.2 Å². The first-order valence-electron chi connectivity index (χ1n) is 4.82. The zero-order valence-corrected chi connectivity index (χ0v) is 8.12. The van der Waals surface area contributed by atoms with Crippen LogP contribution in [0.4, 0.5) is 0 Å². The number of nitrogens with zero attached hydrogens (tertiary/aromatic N) is 1. The number of nitrogens with one attached hydrogen (secondary N) is 1. The summed E-state index contributed by atoms with van der Waals surface area (Å²) in [6.45, 7) is 2.03. The summed E-state index contributed by atoms with van der Waals surface area (Å²) in [5.74, 6) is -0.0117. The van der Waals surface area contributed by atoms with Crippen LogP contribution in [0.2, 0.25) is 0 Å². The summed E-state index contributed by atoms with van der Waals surface area (Å²) in [5.41, 5.74) is 2.13. The lowest BCUT2D eigenvalue weighted by molar-refractivity contribution is 0.797. The highest BCUT2D eigenvalue weighted by Gasteiger charge is 2.10. The number of aromatic amines is 1. The lowest BCUT2D eigenvalue weighted by Crippen LogP contribution is -1.92. The van der Waals surface area contributed by atoms with Crippen LogP contribution in [0.15, 0.2) is 30.3 Å². The molecule has 0 amide bonds.